The maximum Gasteiger partial charge on any atom is 0.276 e. The quantitative estimate of drug-likeness (QED) is 0.684. The van der Waals surface area contributed by atoms with Crippen molar-refractivity contribution in [1.29, 1.82) is 0 Å². The van der Waals surface area contributed by atoms with E-state index in [0.29, 0.717) is 17.1 Å². The van der Waals surface area contributed by atoms with Gasteiger partial charge in [0, 0.05) is 16.9 Å². The molecule has 6 nitrogen and oxygen atoms in total. The van der Waals surface area contributed by atoms with Crippen LogP contribution in [0.15, 0.2) is 60.7 Å². The summed E-state index contributed by atoms with van der Waals surface area (Å²) in [5.41, 5.74) is 1.79. The van der Waals surface area contributed by atoms with Crippen LogP contribution in [0.1, 0.15) is 27.8 Å². The molecule has 0 atom stereocenters. The standard InChI is InChI=1S/C19H15FN4O2/c1-12(25)13-5-7-15(8-6-13)21-18-10-9-17(23-24-18)19(26)22-16-4-2-3-14(20)11-16/h2-11H,1H3,(H,21,24)(H,22,26). The average molecular weight is 350 g/mol. The zero-order valence-electron chi connectivity index (χ0n) is 13.9. The van der Waals surface area contributed by atoms with Gasteiger partial charge in [-0.1, -0.05) is 6.07 Å². The second-order valence-corrected chi connectivity index (χ2v) is 5.53. The molecule has 130 valence electrons. The number of carbonyl (C=O) groups excluding carboxylic acids is 2. The molecule has 2 aromatic carbocycles. The van der Waals surface area contributed by atoms with Crippen molar-refractivity contribution in [3.63, 3.8) is 0 Å². The molecule has 3 rings (SSSR count). The van der Waals surface area contributed by atoms with Gasteiger partial charge in [0.2, 0.25) is 0 Å². The van der Waals surface area contributed by atoms with Gasteiger partial charge in [0.05, 0.1) is 0 Å². The molecule has 1 aromatic heterocycles. The van der Waals surface area contributed by atoms with Gasteiger partial charge in [-0.25, -0.2) is 4.39 Å². The molecule has 1 amide bonds. The number of ketones is 1. The van der Waals surface area contributed by atoms with Crippen LogP contribution in [-0.2, 0) is 0 Å². The van der Waals surface area contributed by atoms with Crippen molar-refractivity contribution in [2.24, 2.45) is 0 Å². The van der Waals surface area contributed by atoms with Crippen molar-refractivity contribution >= 4 is 28.9 Å². The average Bonchev–Trinajstić information content (AvgIpc) is 2.63. The molecule has 0 spiro atoms. The first kappa shape index (κ1) is 17.2. The SMILES string of the molecule is CC(=O)c1ccc(Nc2ccc(C(=O)Nc3cccc(F)c3)nn2)cc1. The molecule has 0 bridgehead atoms. The van der Waals surface area contributed by atoms with Crippen LogP contribution in [0.3, 0.4) is 0 Å². The third-order valence-corrected chi connectivity index (χ3v) is 3.54. The minimum absolute atomic E-state index is 0.00926. The van der Waals surface area contributed by atoms with E-state index in [1.54, 1.807) is 36.4 Å². The van der Waals surface area contributed by atoms with E-state index in [1.165, 1.54) is 31.2 Å². The van der Waals surface area contributed by atoms with Crippen LogP contribution in [0.25, 0.3) is 0 Å². The van der Waals surface area contributed by atoms with E-state index in [2.05, 4.69) is 20.8 Å². The lowest BCUT2D eigenvalue weighted by atomic mass is 10.1. The van der Waals surface area contributed by atoms with Crippen LogP contribution in [0, 0.1) is 5.82 Å². The summed E-state index contributed by atoms with van der Waals surface area (Å²) in [6.45, 7) is 1.50. The summed E-state index contributed by atoms with van der Waals surface area (Å²) >= 11 is 0. The minimum atomic E-state index is -0.486. The smallest absolute Gasteiger partial charge is 0.276 e. The van der Waals surface area contributed by atoms with Crippen LogP contribution < -0.4 is 10.6 Å². The first-order valence-corrected chi connectivity index (χ1v) is 7.80. The monoisotopic (exact) mass is 350 g/mol. The van der Waals surface area contributed by atoms with Crippen molar-refractivity contribution in [2.45, 2.75) is 6.92 Å². The summed E-state index contributed by atoms with van der Waals surface area (Å²) in [4.78, 5) is 23.4. The van der Waals surface area contributed by atoms with Gasteiger partial charge in [-0.05, 0) is 61.5 Å². The van der Waals surface area contributed by atoms with E-state index in [9.17, 15) is 14.0 Å². The van der Waals surface area contributed by atoms with Gasteiger partial charge in [0.1, 0.15) is 5.82 Å². The second-order valence-electron chi connectivity index (χ2n) is 5.53. The normalized spacial score (nSPS) is 10.2. The predicted molar refractivity (Wildman–Crippen MR) is 96.1 cm³/mol. The van der Waals surface area contributed by atoms with Gasteiger partial charge in [-0.2, -0.15) is 0 Å². The Labute approximate surface area is 149 Å². The number of hydrogen-bond acceptors (Lipinski definition) is 5. The largest absolute Gasteiger partial charge is 0.339 e. The second kappa shape index (κ2) is 7.52. The van der Waals surface area contributed by atoms with Gasteiger partial charge in [-0.3, -0.25) is 9.59 Å². The molecule has 1 heterocycles. The molecule has 0 fully saturated rings. The Morgan fingerprint density at radius 3 is 2.31 bits per heavy atom. The predicted octanol–water partition coefficient (Wildman–Crippen LogP) is 3.81. The number of nitrogens with one attached hydrogen (secondary N) is 2. The summed E-state index contributed by atoms with van der Waals surface area (Å²) in [5, 5.41) is 13.4. The third-order valence-electron chi connectivity index (χ3n) is 3.54. The zero-order chi connectivity index (χ0) is 18.5. The van der Waals surface area contributed by atoms with E-state index in [0.717, 1.165) is 5.69 Å². The van der Waals surface area contributed by atoms with E-state index in [4.69, 9.17) is 0 Å². The van der Waals surface area contributed by atoms with Crippen LogP contribution in [0.5, 0.6) is 0 Å². The number of halogens is 1. The number of aromatic nitrogens is 2. The van der Waals surface area contributed by atoms with E-state index in [1.807, 2.05) is 0 Å². The summed E-state index contributed by atoms with van der Waals surface area (Å²) in [6.07, 6.45) is 0. The Balaban J connectivity index is 1.66. The van der Waals surface area contributed by atoms with Gasteiger partial charge >= 0.3 is 0 Å². The topological polar surface area (TPSA) is 84.0 Å². The Morgan fingerprint density at radius 2 is 1.69 bits per heavy atom. The number of amides is 1. The fraction of sp³-hybridized carbons (Fsp3) is 0.0526. The first-order valence-electron chi connectivity index (χ1n) is 7.80. The molecule has 0 aliphatic heterocycles. The van der Waals surface area contributed by atoms with Crippen molar-refractivity contribution in [3.05, 3.63) is 77.7 Å². The molecule has 0 saturated carbocycles. The fourth-order valence-electron chi connectivity index (χ4n) is 2.22. The third kappa shape index (κ3) is 4.27. The Hall–Kier alpha value is -3.61. The highest BCUT2D eigenvalue weighted by molar-refractivity contribution is 6.02. The molecule has 0 aliphatic carbocycles. The molecule has 0 unspecified atom stereocenters. The van der Waals surface area contributed by atoms with Crippen molar-refractivity contribution < 1.29 is 14.0 Å². The van der Waals surface area contributed by atoms with Crippen LogP contribution >= 0.6 is 0 Å². The van der Waals surface area contributed by atoms with Crippen LogP contribution in [-0.4, -0.2) is 21.9 Å². The maximum atomic E-state index is 13.1. The van der Waals surface area contributed by atoms with Crippen molar-refractivity contribution in [1.82, 2.24) is 10.2 Å². The lowest BCUT2D eigenvalue weighted by Gasteiger charge is -2.07. The highest BCUT2D eigenvalue weighted by atomic mass is 19.1. The lowest BCUT2D eigenvalue weighted by Crippen LogP contribution is -2.14. The Morgan fingerprint density at radius 1 is 0.923 bits per heavy atom. The summed E-state index contributed by atoms with van der Waals surface area (Å²) in [7, 11) is 0. The Bertz CT molecular complexity index is 941. The number of carbonyl (C=O) groups is 2. The number of anilines is 3. The molecule has 7 heteroatoms. The number of nitrogens with zero attached hydrogens (tertiary/aromatic N) is 2. The van der Waals surface area contributed by atoms with Gasteiger partial charge in [-0.15, -0.1) is 10.2 Å². The van der Waals surface area contributed by atoms with Crippen molar-refractivity contribution in [3.8, 4) is 0 Å². The first-order chi connectivity index (χ1) is 12.5. The highest BCUT2D eigenvalue weighted by Gasteiger charge is 2.09. The number of hydrogen-bond donors (Lipinski definition) is 2. The van der Waals surface area contributed by atoms with Gasteiger partial charge in [0.15, 0.2) is 17.3 Å². The molecular formula is C19H15FN4O2. The number of Topliss-reactive ketones (excluding diaryl/α,β-unsaturated/α-hetero) is 1. The fourth-order valence-corrected chi connectivity index (χ4v) is 2.22. The Kier molecular flexibility index (Phi) is 4.98. The van der Waals surface area contributed by atoms with E-state index in [-0.39, 0.29) is 11.5 Å². The molecule has 3 aromatic rings. The van der Waals surface area contributed by atoms with Gasteiger partial charge < -0.3 is 10.6 Å². The lowest BCUT2D eigenvalue weighted by molar-refractivity contribution is 0.101. The van der Waals surface area contributed by atoms with Crippen molar-refractivity contribution in [2.75, 3.05) is 10.6 Å². The molecular weight excluding hydrogens is 335 g/mol. The van der Waals surface area contributed by atoms with E-state index >= 15 is 0 Å². The van der Waals surface area contributed by atoms with E-state index < -0.39 is 11.7 Å². The maximum absolute atomic E-state index is 13.1. The number of benzene rings is 2. The summed E-state index contributed by atoms with van der Waals surface area (Å²) < 4.78 is 13.1. The highest BCUT2D eigenvalue weighted by Crippen LogP contribution is 2.16. The van der Waals surface area contributed by atoms with Crippen LogP contribution in [0.4, 0.5) is 21.6 Å². The molecule has 26 heavy (non-hydrogen) atoms. The molecule has 0 saturated heterocycles. The van der Waals surface area contributed by atoms with Crippen LogP contribution in [0.2, 0.25) is 0 Å². The molecule has 2 N–H and O–H groups in total. The molecule has 0 radical (unpaired) electrons. The minimum Gasteiger partial charge on any atom is -0.339 e. The summed E-state index contributed by atoms with van der Waals surface area (Å²) in [6, 6.07) is 15.6. The summed E-state index contributed by atoms with van der Waals surface area (Å²) in [5.74, 6) is -0.488. The zero-order valence-corrected chi connectivity index (χ0v) is 13.9. The van der Waals surface area contributed by atoms with Gasteiger partial charge in [0.25, 0.3) is 5.91 Å². The molecule has 0 aliphatic rings. The number of rotatable bonds is 5.